The maximum Gasteiger partial charge on any atom is 0.281 e. The van der Waals surface area contributed by atoms with Gasteiger partial charge >= 0.3 is 0 Å². The fourth-order valence-corrected chi connectivity index (χ4v) is 3.55. The van der Waals surface area contributed by atoms with E-state index in [9.17, 15) is 8.42 Å². The number of para-hydroxylation sites is 1. The van der Waals surface area contributed by atoms with Crippen LogP contribution in [0.2, 0.25) is 0 Å². The van der Waals surface area contributed by atoms with Gasteiger partial charge in [0.25, 0.3) is 10.0 Å². The Morgan fingerprint density at radius 3 is 2.86 bits per heavy atom. The van der Waals surface area contributed by atoms with Gasteiger partial charge in [-0.2, -0.15) is 13.7 Å². The number of halogens is 1. The third-order valence-electron chi connectivity index (χ3n) is 3.15. The molecule has 0 saturated heterocycles. The van der Waals surface area contributed by atoms with E-state index in [0.717, 1.165) is 0 Å². The molecule has 0 spiro atoms. The van der Waals surface area contributed by atoms with Crippen molar-refractivity contribution in [2.75, 3.05) is 4.72 Å². The number of hydrogen-bond donors (Lipinski definition) is 2. The molecule has 1 aromatic carbocycles. The van der Waals surface area contributed by atoms with Crippen LogP contribution in [-0.2, 0) is 17.1 Å². The van der Waals surface area contributed by atoms with Crippen LogP contribution in [0, 0.1) is 11.3 Å². The van der Waals surface area contributed by atoms with Crippen LogP contribution >= 0.6 is 15.9 Å². The number of sulfonamides is 1. The summed E-state index contributed by atoms with van der Waals surface area (Å²) in [4.78, 5) is 6.86. The van der Waals surface area contributed by atoms with Gasteiger partial charge in [-0.05, 0) is 22.0 Å². The van der Waals surface area contributed by atoms with E-state index in [4.69, 9.17) is 5.26 Å². The highest BCUT2D eigenvalue weighted by Gasteiger charge is 2.20. The fourth-order valence-electron chi connectivity index (χ4n) is 2.08. The first-order chi connectivity index (χ1) is 10.4. The second-order valence-corrected chi connectivity index (χ2v) is 6.95. The predicted octanol–water partition coefficient (Wildman–Crippen LogP) is 2.34. The number of nitriles is 1. The van der Waals surface area contributed by atoms with Gasteiger partial charge in [-0.3, -0.25) is 4.72 Å². The summed E-state index contributed by atoms with van der Waals surface area (Å²) in [6.45, 7) is 0. The molecule has 7 nitrogen and oxygen atoms in total. The predicted molar refractivity (Wildman–Crippen MR) is 84.7 cm³/mol. The summed E-state index contributed by atoms with van der Waals surface area (Å²) < 4.78 is 29.3. The minimum absolute atomic E-state index is 0.0917. The number of anilines is 1. The lowest BCUT2D eigenvalue weighted by molar-refractivity contribution is 0.598. The summed E-state index contributed by atoms with van der Waals surface area (Å²) in [7, 11) is -2.14. The van der Waals surface area contributed by atoms with E-state index in [1.54, 1.807) is 36.0 Å². The van der Waals surface area contributed by atoms with E-state index < -0.39 is 10.0 Å². The Bertz CT molecular complexity index is 993. The molecular formula is C13H10BrN5O2S. The van der Waals surface area contributed by atoms with Crippen molar-refractivity contribution in [3.8, 4) is 6.07 Å². The van der Waals surface area contributed by atoms with Gasteiger partial charge in [0.1, 0.15) is 6.07 Å². The zero-order chi connectivity index (χ0) is 15.9. The van der Waals surface area contributed by atoms with Crippen molar-refractivity contribution < 1.29 is 8.42 Å². The summed E-state index contributed by atoms with van der Waals surface area (Å²) in [6.07, 6.45) is 2.95. The molecule has 3 aromatic rings. The smallest absolute Gasteiger partial charge is 0.281 e. The number of fused-ring (bicyclic) bond motifs is 1. The van der Waals surface area contributed by atoms with E-state index in [2.05, 4.69) is 36.7 Å². The topological polar surface area (TPSA) is 104 Å². The highest BCUT2D eigenvalue weighted by atomic mass is 79.9. The zero-order valence-electron chi connectivity index (χ0n) is 11.3. The van der Waals surface area contributed by atoms with Crippen LogP contribution in [0.3, 0.4) is 0 Å². The molecule has 0 aliphatic carbocycles. The monoisotopic (exact) mass is 379 g/mol. The van der Waals surface area contributed by atoms with Gasteiger partial charge in [-0.15, -0.1) is 0 Å². The van der Waals surface area contributed by atoms with Crippen molar-refractivity contribution >= 4 is 42.5 Å². The molecular weight excluding hydrogens is 370 g/mol. The first kappa shape index (κ1) is 14.6. The van der Waals surface area contributed by atoms with Crippen molar-refractivity contribution in [2.45, 2.75) is 5.03 Å². The van der Waals surface area contributed by atoms with Crippen LogP contribution in [0.25, 0.3) is 10.9 Å². The summed E-state index contributed by atoms with van der Waals surface area (Å²) in [6, 6.07) is 7.11. The number of benzene rings is 1. The van der Waals surface area contributed by atoms with Gasteiger partial charge in [0.2, 0.25) is 0 Å². The molecule has 112 valence electrons. The summed E-state index contributed by atoms with van der Waals surface area (Å²) >= 11 is 3.16. The third-order valence-corrected chi connectivity index (χ3v) is 5.13. The molecule has 0 radical (unpaired) electrons. The Balaban J connectivity index is 2.06. The van der Waals surface area contributed by atoms with Crippen LogP contribution in [0.4, 0.5) is 5.69 Å². The minimum atomic E-state index is -3.82. The molecule has 3 rings (SSSR count). The second kappa shape index (κ2) is 5.15. The van der Waals surface area contributed by atoms with Crippen LogP contribution in [0.1, 0.15) is 5.56 Å². The first-order valence-corrected chi connectivity index (χ1v) is 8.42. The fraction of sp³-hybridized carbons (Fsp3) is 0.0769. The van der Waals surface area contributed by atoms with Crippen LogP contribution < -0.4 is 4.72 Å². The number of aromatic amines is 1. The molecule has 0 aliphatic heterocycles. The first-order valence-electron chi connectivity index (χ1n) is 6.14. The molecule has 0 unspecified atom stereocenters. The van der Waals surface area contributed by atoms with Crippen molar-refractivity contribution in [1.29, 1.82) is 5.26 Å². The summed E-state index contributed by atoms with van der Waals surface area (Å²) in [5.74, 6) is 0. The number of nitrogens with one attached hydrogen (secondary N) is 2. The SMILES string of the molecule is Cn1cc(S(=O)(=O)Nc2cccc3c(C#N)c[nH]c23)nc1Br. The Morgan fingerprint density at radius 1 is 1.45 bits per heavy atom. The van der Waals surface area contributed by atoms with Gasteiger partial charge in [0, 0.05) is 24.8 Å². The number of H-pyrrole nitrogens is 1. The van der Waals surface area contributed by atoms with E-state index in [0.29, 0.717) is 26.9 Å². The van der Waals surface area contributed by atoms with E-state index in [-0.39, 0.29) is 5.03 Å². The number of nitrogens with zero attached hydrogens (tertiary/aromatic N) is 3. The molecule has 0 fully saturated rings. The average molecular weight is 380 g/mol. The number of aryl methyl sites for hydroxylation is 1. The third kappa shape index (κ3) is 2.36. The van der Waals surface area contributed by atoms with Gasteiger partial charge in [0.15, 0.2) is 9.76 Å². The summed E-state index contributed by atoms with van der Waals surface area (Å²) in [5, 5.41) is 9.60. The van der Waals surface area contributed by atoms with Gasteiger partial charge < -0.3 is 9.55 Å². The number of aromatic nitrogens is 3. The highest BCUT2D eigenvalue weighted by molar-refractivity contribution is 9.10. The molecule has 0 aliphatic rings. The minimum Gasteiger partial charge on any atom is -0.358 e. The van der Waals surface area contributed by atoms with Crippen molar-refractivity contribution in [2.24, 2.45) is 7.05 Å². The molecule has 2 heterocycles. The lowest BCUT2D eigenvalue weighted by Gasteiger charge is -2.06. The van der Waals surface area contributed by atoms with Crippen molar-refractivity contribution in [1.82, 2.24) is 14.5 Å². The van der Waals surface area contributed by atoms with Crippen LogP contribution in [-0.4, -0.2) is 23.0 Å². The molecule has 0 atom stereocenters. The Morgan fingerprint density at radius 2 is 2.23 bits per heavy atom. The standard InChI is InChI=1S/C13H10BrN5O2S/c1-19-7-11(17-13(19)14)22(20,21)18-10-4-2-3-9-8(5-15)6-16-12(9)10/h2-4,6-7,16,18H,1H3. The Labute approximate surface area is 134 Å². The average Bonchev–Trinajstić information content (AvgIpc) is 3.04. The van der Waals surface area contributed by atoms with E-state index in [1.165, 1.54) is 6.20 Å². The Hall–Kier alpha value is -2.31. The van der Waals surface area contributed by atoms with Crippen molar-refractivity contribution in [3.63, 3.8) is 0 Å². The quantitative estimate of drug-likeness (QED) is 0.728. The van der Waals surface area contributed by atoms with Crippen LogP contribution in [0.5, 0.6) is 0 Å². The lowest BCUT2D eigenvalue weighted by Crippen LogP contribution is -2.13. The van der Waals surface area contributed by atoms with Gasteiger partial charge in [0.05, 0.1) is 16.8 Å². The van der Waals surface area contributed by atoms with Gasteiger partial charge in [-0.25, -0.2) is 4.98 Å². The zero-order valence-corrected chi connectivity index (χ0v) is 13.7. The maximum atomic E-state index is 12.4. The number of hydrogen-bond acceptors (Lipinski definition) is 4. The molecule has 0 amide bonds. The normalized spacial score (nSPS) is 11.5. The largest absolute Gasteiger partial charge is 0.358 e. The lowest BCUT2D eigenvalue weighted by atomic mass is 10.2. The maximum absolute atomic E-state index is 12.4. The molecule has 22 heavy (non-hydrogen) atoms. The van der Waals surface area contributed by atoms with Gasteiger partial charge in [-0.1, -0.05) is 12.1 Å². The highest BCUT2D eigenvalue weighted by Crippen LogP contribution is 2.27. The molecule has 0 saturated carbocycles. The van der Waals surface area contributed by atoms with E-state index >= 15 is 0 Å². The van der Waals surface area contributed by atoms with E-state index in [1.807, 2.05) is 0 Å². The van der Waals surface area contributed by atoms with Crippen molar-refractivity contribution in [3.05, 3.63) is 40.9 Å². The summed E-state index contributed by atoms with van der Waals surface area (Å²) in [5.41, 5.74) is 1.37. The molecule has 9 heteroatoms. The molecule has 0 bridgehead atoms. The molecule has 2 aromatic heterocycles. The number of rotatable bonds is 3. The Kier molecular flexibility index (Phi) is 3.42. The molecule has 2 N–H and O–H groups in total. The number of imidazole rings is 1. The van der Waals surface area contributed by atoms with Crippen LogP contribution in [0.15, 0.2) is 40.4 Å². The second-order valence-electron chi connectivity index (χ2n) is 4.61.